The molecule has 0 amide bonds. The topological polar surface area (TPSA) is 3.24 Å². The first-order chi connectivity index (χ1) is 26.6. The second kappa shape index (κ2) is 12.8. The Bertz CT molecular complexity index is 2850. The molecule has 0 saturated heterocycles. The Labute approximate surface area is 317 Å². The minimum absolute atomic E-state index is 0.145. The summed E-state index contributed by atoms with van der Waals surface area (Å²) in [4.78, 5) is 2.54. The molecule has 0 fully saturated rings. The van der Waals surface area contributed by atoms with Gasteiger partial charge in [0.25, 0.3) is 0 Å². The van der Waals surface area contributed by atoms with E-state index in [1.165, 1.54) is 77.2 Å². The van der Waals surface area contributed by atoms with Crippen molar-refractivity contribution in [2.75, 3.05) is 4.90 Å². The fraction of sp³-hybridized carbons (Fsp3) is 0.0566. The van der Waals surface area contributed by atoms with E-state index in [0.717, 1.165) is 17.1 Å². The molecule has 0 heterocycles. The van der Waals surface area contributed by atoms with E-state index in [9.17, 15) is 0 Å². The summed E-state index contributed by atoms with van der Waals surface area (Å²) in [5, 5.41) is 4.94. The Balaban J connectivity index is 1.33. The maximum atomic E-state index is 2.54. The summed E-state index contributed by atoms with van der Waals surface area (Å²) in [5.41, 5.74) is 15.8. The molecular weight excluding hydrogens is 651 g/mol. The van der Waals surface area contributed by atoms with Gasteiger partial charge in [0.15, 0.2) is 0 Å². The van der Waals surface area contributed by atoms with Crippen molar-refractivity contribution in [3.05, 3.63) is 211 Å². The SMILES string of the molecule is CC1(C)c2ccccc2-c2ccc(N(c3cccc(-c4ccccc4)c3-c3ccccc3-c3ccccc3)c3cc4ccccc4c4ccccc34)cc21. The lowest BCUT2D eigenvalue weighted by Gasteiger charge is -2.32. The van der Waals surface area contributed by atoms with Crippen molar-refractivity contribution in [3.8, 4) is 44.5 Å². The molecular formula is C53H39N. The minimum atomic E-state index is -0.145. The number of anilines is 3. The van der Waals surface area contributed by atoms with E-state index < -0.39 is 0 Å². The van der Waals surface area contributed by atoms with Gasteiger partial charge in [0.1, 0.15) is 0 Å². The highest BCUT2D eigenvalue weighted by molar-refractivity contribution is 6.15. The van der Waals surface area contributed by atoms with Gasteiger partial charge < -0.3 is 4.90 Å². The van der Waals surface area contributed by atoms with Crippen molar-refractivity contribution >= 4 is 38.6 Å². The van der Waals surface area contributed by atoms with Gasteiger partial charge in [0.05, 0.1) is 11.4 Å². The third-order valence-corrected chi connectivity index (χ3v) is 11.5. The summed E-state index contributed by atoms with van der Waals surface area (Å²) in [6.45, 7) is 4.74. The molecule has 0 saturated carbocycles. The van der Waals surface area contributed by atoms with E-state index in [4.69, 9.17) is 0 Å². The number of fused-ring (bicyclic) bond motifs is 6. The number of rotatable bonds is 6. The summed E-state index contributed by atoms with van der Waals surface area (Å²) in [6, 6.07) is 73.5. The van der Waals surface area contributed by atoms with Crippen molar-refractivity contribution in [3.63, 3.8) is 0 Å². The van der Waals surface area contributed by atoms with Crippen LogP contribution in [-0.4, -0.2) is 0 Å². The summed E-state index contributed by atoms with van der Waals surface area (Å²) in [5.74, 6) is 0. The van der Waals surface area contributed by atoms with Gasteiger partial charge in [-0.05, 0) is 90.5 Å². The maximum Gasteiger partial charge on any atom is 0.0546 e. The van der Waals surface area contributed by atoms with Crippen LogP contribution in [0.15, 0.2) is 200 Å². The highest BCUT2D eigenvalue weighted by Crippen LogP contribution is 2.53. The molecule has 1 aliphatic carbocycles. The Morgan fingerprint density at radius 1 is 0.352 bits per heavy atom. The van der Waals surface area contributed by atoms with Crippen LogP contribution in [0.25, 0.3) is 66.1 Å². The molecule has 0 aromatic heterocycles. The molecule has 0 atom stereocenters. The molecule has 1 aliphatic rings. The molecule has 0 radical (unpaired) electrons. The molecule has 9 aromatic rings. The monoisotopic (exact) mass is 689 g/mol. The number of benzene rings is 9. The van der Waals surface area contributed by atoms with Crippen molar-refractivity contribution in [1.29, 1.82) is 0 Å². The first-order valence-corrected chi connectivity index (χ1v) is 18.9. The summed E-state index contributed by atoms with van der Waals surface area (Å²) in [6.07, 6.45) is 0. The Kier molecular flexibility index (Phi) is 7.56. The quantitative estimate of drug-likeness (QED) is 0.157. The molecule has 0 aliphatic heterocycles. The molecule has 256 valence electrons. The molecule has 9 aromatic carbocycles. The third-order valence-electron chi connectivity index (χ3n) is 11.5. The predicted octanol–water partition coefficient (Wildman–Crippen LogP) is 14.8. The smallest absolute Gasteiger partial charge is 0.0546 e. The Morgan fingerprint density at radius 2 is 0.907 bits per heavy atom. The van der Waals surface area contributed by atoms with Crippen LogP contribution < -0.4 is 4.90 Å². The van der Waals surface area contributed by atoms with Crippen molar-refractivity contribution < 1.29 is 0 Å². The largest absolute Gasteiger partial charge is 0.309 e. The van der Waals surface area contributed by atoms with E-state index in [1.54, 1.807) is 0 Å². The van der Waals surface area contributed by atoms with Gasteiger partial charge in [0.2, 0.25) is 0 Å². The molecule has 54 heavy (non-hydrogen) atoms. The first kappa shape index (κ1) is 32.0. The number of hydrogen-bond donors (Lipinski definition) is 0. The second-order valence-corrected chi connectivity index (χ2v) is 14.9. The van der Waals surface area contributed by atoms with E-state index >= 15 is 0 Å². The highest BCUT2D eigenvalue weighted by Gasteiger charge is 2.36. The van der Waals surface area contributed by atoms with Crippen LogP contribution in [0.4, 0.5) is 17.1 Å². The standard InChI is InChI=1S/C53H39N/c1-53(2)48-30-16-15-26-44(48)45-33-32-39(35-49(45)53)54(51-34-38-22-9-10-24-41(38)43-25-12-13-27-46(43)51)50-31-17-29-42(37-20-7-4-8-21-37)52(50)47-28-14-11-23-40(47)36-18-5-3-6-19-36/h3-35H,1-2H3. The molecule has 0 unspecified atom stereocenters. The number of hydrogen-bond acceptors (Lipinski definition) is 1. The molecule has 0 spiro atoms. The zero-order valence-electron chi connectivity index (χ0n) is 30.5. The van der Waals surface area contributed by atoms with Crippen LogP contribution in [0.3, 0.4) is 0 Å². The average Bonchev–Trinajstić information content (AvgIpc) is 3.47. The fourth-order valence-corrected chi connectivity index (χ4v) is 8.90. The molecule has 10 rings (SSSR count). The van der Waals surface area contributed by atoms with Gasteiger partial charge in [-0.3, -0.25) is 0 Å². The van der Waals surface area contributed by atoms with Crippen LogP contribution in [0.2, 0.25) is 0 Å². The lowest BCUT2D eigenvalue weighted by Crippen LogP contribution is -2.17. The Morgan fingerprint density at radius 3 is 1.67 bits per heavy atom. The van der Waals surface area contributed by atoms with Crippen LogP contribution in [0, 0.1) is 0 Å². The lowest BCUT2D eigenvalue weighted by atomic mass is 9.82. The molecule has 0 N–H and O–H groups in total. The van der Waals surface area contributed by atoms with E-state index in [1.807, 2.05) is 0 Å². The lowest BCUT2D eigenvalue weighted by molar-refractivity contribution is 0.660. The van der Waals surface area contributed by atoms with Crippen LogP contribution >= 0.6 is 0 Å². The Hall–Kier alpha value is -6.70. The van der Waals surface area contributed by atoms with Gasteiger partial charge in [0, 0.05) is 22.1 Å². The molecule has 1 nitrogen and oxygen atoms in total. The van der Waals surface area contributed by atoms with Gasteiger partial charge in [-0.15, -0.1) is 0 Å². The summed E-state index contributed by atoms with van der Waals surface area (Å²) in [7, 11) is 0. The van der Waals surface area contributed by atoms with Crippen molar-refractivity contribution in [1.82, 2.24) is 0 Å². The van der Waals surface area contributed by atoms with E-state index in [0.29, 0.717) is 0 Å². The predicted molar refractivity (Wildman–Crippen MR) is 230 cm³/mol. The average molecular weight is 690 g/mol. The molecule has 1 heteroatoms. The fourth-order valence-electron chi connectivity index (χ4n) is 8.90. The van der Waals surface area contributed by atoms with Crippen LogP contribution in [0.5, 0.6) is 0 Å². The van der Waals surface area contributed by atoms with Crippen LogP contribution in [-0.2, 0) is 5.41 Å². The van der Waals surface area contributed by atoms with Gasteiger partial charge in [-0.2, -0.15) is 0 Å². The minimum Gasteiger partial charge on any atom is -0.309 e. The van der Waals surface area contributed by atoms with E-state index in [-0.39, 0.29) is 5.41 Å². The van der Waals surface area contributed by atoms with Gasteiger partial charge >= 0.3 is 0 Å². The third kappa shape index (κ3) is 5.08. The van der Waals surface area contributed by atoms with Crippen molar-refractivity contribution in [2.24, 2.45) is 0 Å². The van der Waals surface area contributed by atoms with Crippen molar-refractivity contribution in [2.45, 2.75) is 19.3 Å². The van der Waals surface area contributed by atoms with Gasteiger partial charge in [-0.1, -0.05) is 190 Å². The van der Waals surface area contributed by atoms with Gasteiger partial charge in [-0.25, -0.2) is 0 Å². The zero-order valence-corrected chi connectivity index (χ0v) is 30.5. The summed E-state index contributed by atoms with van der Waals surface area (Å²) < 4.78 is 0. The van der Waals surface area contributed by atoms with Crippen LogP contribution in [0.1, 0.15) is 25.0 Å². The normalized spacial score (nSPS) is 12.8. The molecule has 0 bridgehead atoms. The summed E-state index contributed by atoms with van der Waals surface area (Å²) >= 11 is 0. The second-order valence-electron chi connectivity index (χ2n) is 14.9. The first-order valence-electron chi connectivity index (χ1n) is 18.9. The van der Waals surface area contributed by atoms with E-state index in [2.05, 4.69) is 219 Å². The maximum absolute atomic E-state index is 2.54. The zero-order chi connectivity index (χ0) is 36.2. The number of nitrogens with zero attached hydrogens (tertiary/aromatic N) is 1. The highest BCUT2D eigenvalue weighted by atomic mass is 15.1.